The van der Waals surface area contributed by atoms with Gasteiger partial charge in [0, 0.05) is 30.4 Å². The maximum atomic E-state index is 12.0. The summed E-state index contributed by atoms with van der Waals surface area (Å²) in [4.78, 5) is 18.3. The Morgan fingerprint density at radius 1 is 1.31 bits per heavy atom. The first-order chi connectivity index (χ1) is 12.4. The summed E-state index contributed by atoms with van der Waals surface area (Å²) in [5, 5.41) is 8.35. The van der Waals surface area contributed by atoms with Gasteiger partial charge < -0.3 is 15.2 Å². The summed E-state index contributed by atoms with van der Waals surface area (Å²) in [5.74, 6) is 1.05. The van der Waals surface area contributed by atoms with Gasteiger partial charge in [0.2, 0.25) is 11.7 Å². The van der Waals surface area contributed by atoms with E-state index in [2.05, 4.69) is 15.2 Å². The van der Waals surface area contributed by atoms with Crippen molar-refractivity contribution < 1.29 is 9.32 Å². The monoisotopic (exact) mass is 352 g/mol. The van der Waals surface area contributed by atoms with Crippen LogP contribution in [0.1, 0.15) is 32.6 Å². The fourth-order valence-electron chi connectivity index (χ4n) is 3.06. The minimum absolute atomic E-state index is 0.147. The van der Waals surface area contributed by atoms with Crippen molar-refractivity contribution in [3.8, 4) is 11.4 Å². The lowest BCUT2D eigenvalue weighted by Gasteiger charge is -2.20. The van der Waals surface area contributed by atoms with Crippen LogP contribution in [0.15, 0.2) is 41.2 Å². The van der Waals surface area contributed by atoms with Gasteiger partial charge in [-0.1, -0.05) is 17.3 Å². The van der Waals surface area contributed by atoms with Crippen molar-refractivity contribution in [1.29, 1.82) is 0 Å². The molecule has 134 valence electrons. The lowest BCUT2D eigenvalue weighted by atomic mass is 10.1. The van der Waals surface area contributed by atoms with Gasteiger partial charge in [0.05, 0.1) is 11.9 Å². The largest absolute Gasteiger partial charge is 0.396 e. The Bertz CT molecular complexity index is 958. The number of amides is 1. The standard InChI is InChI=1S/C18H20N6O2/c1-18(2,24-11-13(19)10-20-24)17-21-16(22-26-17)12-5-3-6-14(9-12)23-8-4-7-15(23)25/h3,5-6,9-11H,4,7-8,19H2,1-2H3. The molecular formula is C18H20N6O2. The van der Waals surface area contributed by atoms with Gasteiger partial charge in [-0.25, -0.2) is 0 Å². The van der Waals surface area contributed by atoms with E-state index in [1.54, 1.807) is 22.0 Å². The van der Waals surface area contributed by atoms with Crippen LogP contribution in [0.3, 0.4) is 0 Å². The molecule has 1 aliphatic rings. The molecule has 26 heavy (non-hydrogen) atoms. The van der Waals surface area contributed by atoms with Gasteiger partial charge in [-0.15, -0.1) is 0 Å². The lowest BCUT2D eigenvalue weighted by Crippen LogP contribution is -2.28. The number of anilines is 2. The molecule has 3 aromatic rings. The van der Waals surface area contributed by atoms with Crippen LogP contribution in [0, 0.1) is 0 Å². The molecule has 1 fully saturated rings. The molecule has 2 aromatic heterocycles. The number of nitrogen functional groups attached to an aromatic ring is 1. The van der Waals surface area contributed by atoms with E-state index in [0.717, 1.165) is 24.2 Å². The number of nitrogens with zero attached hydrogens (tertiary/aromatic N) is 5. The summed E-state index contributed by atoms with van der Waals surface area (Å²) < 4.78 is 7.18. The zero-order valence-corrected chi connectivity index (χ0v) is 14.7. The SMILES string of the molecule is CC(C)(c1nc(-c2cccc(N3CCCC3=O)c2)no1)n1cc(N)cn1. The summed E-state index contributed by atoms with van der Waals surface area (Å²) in [5.41, 5.74) is 7.35. The number of nitrogens with two attached hydrogens (primary N) is 1. The van der Waals surface area contributed by atoms with Crippen molar-refractivity contribution in [2.24, 2.45) is 0 Å². The van der Waals surface area contributed by atoms with Crippen molar-refractivity contribution >= 4 is 17.3 Å². The first kappa shape index (κ1) is 16.3. The topological polar surface area (TPSA) is 103 Å². The molecule has 0 unspecified atom stereocenters. The number of carbonyl (C=O) groups excluding carboxylic acids is 1. The molecule has 0 bridgehead atoms. The summed E-state index contributed by atoms with van der Waals surface area (Å²) >= 11 is 0. The van der Waals surface area contributed by atoms with Crippen LogP contribution >= 0.6 is 0 Å². The molecule has 0 spiro atoms. The van der Waals surface area contributed by atoms with E-state index in [-0.39, 0.29) is 5.91 Å². The van der Waals surface area contributed by atoms with E-state index in [9.17, 15) is 4.79 Å². The minimum atomic E-state index is -0.634. The molecule has 4 rings (SSSR count). The van der Waals surface area contributed by atoms with Crippen LogP contribution in [0.25, 0.3) is 11.4 Å². The molecule has 1 saturated heterocycles. The second-order valence-electron chi connectivity index (χ2n) is 6.90. The molecule has 0 atom stereocenters. The Kier molecular flexibility index (Phi) is 3.75. The summed E-state index contributed by atoms with van der Waals surface area (Å²) in [7, 11) is 0. The van der Waals surface area contributed by atoms with E-state index in [0.29, 0.717) is 23.8 Å². The number of hydrogen-bond acceptors (Lipinski definition) is 6. The van der Waals surface area contributed by atoms with Crippen LogP contribution in [-0.2, 0) is 10.3 Å². The van der Waals surface area contributed by atoms with Crippen LogP contribution in [0.2, 0.25) is 0 Å². The van der Waals surface area contributed by atoms with Gasteiger partial charge in [0.15, 0.2) is 0 Å². The predicted molar refractivity (Wildman–Crippen MR) is 96.4 cm³/mol. The Morgan fingerprint density at radius 3 is 2.85 bits per heavy atom. The first-order valence-electron chi connectivity index (χ1n) is 8.51. The zero-order chi connectivity index (χ0) is 18.3. The second kappa shape index (κ2) is 5.98. The van der Waals surface area contributed by atoms with Crippen molar-refractivity contribution in [2.45, 2.75) is 32.2 Å². The van der Waals surface area contributed by atoms with Crippen molar-refractivity contribution in [3.05, 3.63) is 42.5 Å². The van der Waals surface area contributed by atoms with E-state index >= 15 is 0 Å². The van der Waals surface area contributed by atoms with E-state index in [4.69, 9.17) is 10.3 Å². The van der Waals surface area contributed by atoms with Gasteiger partial charge in [-0.05, 0) is 32.4 Å². The van der Waals surface area contributed by atoms with Crippen molar-refractivity contribution in [2.75, 3.05) is 17.2 Å². The Balaban J connectivity index is 1.65. The lowest BCUT2D eigenvalue weighted by molar-refractivity contribution is -0.117. The number of aromatic nitrogens is 4. The van der Waals surface area contributed by atoms with Crippen molar-refractivity contribution in [3.63, 3.8) is 0 Å². The Hall–Kier alpha value is -3.16. The van der Waals surface area contributed by atoms with Gasteiger partial charge in [0.25, 0.3) is 5.89 Å². The highest BCUT2D eigenvalue weighted by Crippen LogP contribution is 2.29. The maximum Gasteiger partial charge on any atom is 0.254 e. The zero-order valence-electron chi connectivity index (χ0n) is 14.7. The molecular weight excluding hydrogens is 332 g/mol. The molecule has 0 saturated carbocycles. The highest BCUT2D eigenvalue weighted by atomic mass is 16.5. The second-order valence-corrected chi connectivity index (χ2v) is 6.90. The minimum Gasteiger partial charge on any atom is -0.396 e. The highest BCUT2D eigenvalue weighted by molar-refractivity contribution is 5.95. The Labute approximate surface area is 150 Å². The maximum absolute atomic E-state index is 12.0. The van der Waals surface area contributed by atoms with Gasteiger partial charge in [-0.3, -0.25) is 9.48 Å². The van der Waals surface area contributed by atoms with Gasteiger partial charge in [0.1, 0.15) is 5.54 Å². The molecule has 1 aromatic carbocycles. The molecule has 8 nitrogen and oxygen atoms in total. The highest BCUT2D eigenvalue weighted by Gasteiger charge is 2.31. The molecule has 8 heteroatoms. The van der Waals surface area contributed by atoms with Crippen LogP contribution < -0.4 is 10.6 Å². The van der Waals surface area contributed by atoms with Gasteiger partial charge >= 0.3 is 0 Å². The van der Waals surface area contributed by atoms with Crippen LogP contribution in [0.4, 0.5) is 11.4 Å². The molecule has 0 radical (unpaired) electrons. The Morgan fingerprint density at radius 2 is 2.15 bits per heavy atom. The van der Waals surface area contributed by atoms with Crippen LogP contribution in [0.5, 0.6) is 0 Å². The summed E-state index contributed by atoms with van der Waals surface area (Å²) in [6.07, 6.45) is 4.79. The molecule has 1 amide bonds. The summed E-state index contributed by atoms with van der Waals surface area (Å²) in [6, 6.07) is 7.63. The molecule has 3 heterocycles. The summed E-state index contributed by atoms with van der Waals surface area (Å²) in [6.45, 7) is 4.60. The smallest absolute Gasteiger partial charge is 0.254 e. The van der Waals surface area contributed by atoms with Crippen LogP contribution in [-0.4, -0.2) is 32.4 Å². The third kappa shape index (κ3) is 2.73. The fourth-order valence-corrected chi connectivity index (χ4v) is 3.06. The van der Waals surface area contributed by atoms with E-state index in [1.165, 1.54) is 0 Å². The number of carbonyl (C=O) groups is 1. The van der Waals surface area contributed by atoms with Gasteiger partial charge in [-0.2, -0.15) is 10.1 Å². The number of rotatable bonds is 4. The molecule has 2 N–H and O–H groups in total. The predicted octanol–water partition coefficient (Wildman–Crippen LogP) is 2.43. The van der Waals surface area contributed by atoms with E-state index < -0.39 is 5.54 Å². The average molecular weight is 352 g/mol. The number of hydrogen-bond donors (Lipinski definition) is 1. The third-order valence-corrected chi connectivity index (χ3v) is 4.61. The quantitative estimate of drug-likeness (QED) is 0.773. The number of benzene rings is 1. The first-order valence-corrected chi connectivity index (χ1v) is 8.51. The van der Waals surface area contributed by atoms with E-state index in [1.807, 2.05) is 38.1 Å². The molecule has 0 aliphatic carbocycles. The fraction of sp³-hybridized carbons (Fsp3) is 0.333. The van der Waals surface area contributed by atoms with Crippen molar-refractivity contribution in [1.82, 2.24) is 19.9 Å². The average Bonchev–Trinajstić information content (AvgIpc) is 3.35. The molecule has 1 aliphatic heterocycles. The third-order valence-electron chi connectivity index (χ3n) is 4.61. The normalized spacial score (nSPS) is 15.0.